The second kappa shape index (κ2) is 6.15. The van der Waals surface area contributed by atoms with Gasteiger partial charge in [0.25, 0.3) is 0 Å². The molecule has 0 amide bonds. The summed E-state index contributed by atoms with van der Waals surface area (Å²) in [7, 11) is 1.77. The number of rotatable bonds is 3. The van der Waals surface area contributed by atoms with Crippen LogP contribution >= 0.6 is 15.9 Å². The third-order valence-electron chi connectivity index (χ3n) is 4.22. The molecule has 1 aliphatic rings. The summed E-state index contributed by atoms with van der Waals surface area (Å²) in [6.07, 6.45) is 3.63. The predicted molar refractivity (Wildman–Crippen MR) is 87.5 cm³/mol. The first-order chi connectivity index (χ1) is 9.78. The van der Waals surface area contributed by atoms with Crippen LogP contribution < -0.4 is 10.1 Å². The van der Waals surface area contributed by atoms with Crippen molar-refractivity contribution in [3.05, 3.63) is 40.4 Å². The molecule has 0 bridgehead atoms. The maximum absolute atomic E-state index is 5.60. The van der Waals surface area contributed by atoms with E-state index in [1.807, 2.05) is 0 Å². The number of piperidine rings is 1. The molecular formula is C17H20BrNO. The normalized spacial score (nSPS) is 16.5. The van der Waals surface area contributed by atoms with Gasteiger partial charge >= 0.3 is 0 Å². The van der Waals surface area contributed by atoms with Crippen molar-refractivity contribution in [1.29, 1.82) is 0 Å². The van der Waals surface area contributed by atoms with Crippen LogP contribution in [-0.2, 0) is 6.42 Å². The molecule has 0 unspecified atom stereocenters. The number of hydrogen-bond donors (Lipinski definition) is 1. The number of benzene rings is 2. The number of ether oxygens (including phenoxy) is 1. The van der Waals surface area contributed by atoms with E-state index >= 15 is 0 Å². The maximum atomic E-state index is 5.60. The SMILES string of the molecule is COc1ccc2cc(Br)ccc2c1CC1CCNCC1. The molecule has 20 heavy (non-hydrogen) atoms. The predicted octanol–water partition coefficient (Wildman–Crippen LogP) is 4.15. The fraction of sp³-hybridized carbons (Fsp3) is 0.412. The molecule has 2 nitrogen and oxygen atoms in total. The summed E-state index contributed by atoms with van der Waals surface area (Å²) in [5.41, 5.74) is 1.37. The molecule has 0 spiro atoms. The van der Waals surface area contributed by atoms with Crippen molar-refractivity contribution in [3.63, 3.8) is 0 Å². The zero-order chi connectivity index (χ0) is 13.9. The first kappa shape index (κ1) is 13.9. The minimum atomic E-state index is 0.763. The lowest BCUT2D eigenvalue weighted by Gasteiger charge is -2.24. The fourth-order valence-corrected chi connectivity index (χ4v) is 3.50. The van der Waals surface area contributed by atoms with Crippen LogP contribution in [-0.4, -0.2) is 20.2 Å². The van der Waals surface area contributed by atoms with E-state index in [0.717, 1.165) is 35.7 Å². The fourth-order valence-electron chi connectivity index (χ4n) is 3.12. The second-order valence-corrected chi connectivity index (χ2v) is 6.43. The monoisotopic (exact) mass is 333 g/mol. The van der Waals surface area contributed by atoms with Crippen LogP contribution in [0.4, 0.5) is 0 Å². The summed E-state index contributed by atoms with van der Waals surface area (Å²) >= 11 is 3.55. The minimum absolute atomic E-state index is 0.763. The van der Waals surface area contributed by atoms with Gasteiger partial charge in [-0.05, 0) is 67.2 Å². The molecule has 0 saturated carbocycles. The van der Waals surface area contributed by atoms with Gasteiger partial charge < -0.3 is 10.1 Å². The Bertz CT molecular complexity index is 605. The Kier molecular flexibility index (Phi) is 4.27. The average molecular weight is 334 g/mol. The Labute approximate surface area is 128 Å². The number of hydrogen-bond acceptors (Lipinski definition) is 2. The summed E-state index contributed by atoms with van der Waals surface area (Å²) in [4.78, 5) is 0. The molecule has 106 valence electrons. The average Bonchev–Trinajstić information content (AvgIpc) is 2.48. The van der Waals surface area contributed by atoms with Crippen LogP contribution in [0.15, 0.2) is 34.8 Å². The second-order valence-electron chi connectivity index (χ2n) is 5.51. The maximum Gasteiger partial charge on any atom is 0.122 e. The summed E-state index contributed by atoms with van der Waals surface area (Å²) in [6.45, 7) is 2.28. The Hall–Kier alpha value is -1.06. The number of fused-ring (bicyclic) bond motifs is 1. The van der Waals surface area contributed by atoms with Gasteiger partial charge in [0, 0.05) is 10.0 Å². The van der Waals surface area contributed by atoms with Crippen LogP contribution in [0.1, 0.15) is 18.4 Å². The molecule has 0 radical (unpaired) electrons. The van der Waals surface area contributed by atoms with E-state index in [-0.39, 0.29) is 0 Å². The summed E-state index contributed by atoms with van der Waals surface area (Å²) in [6, 6.07) is 10.8. The van der Waals surface area contributed by atoms with E-state index < -0.39 is 0 Å². The first-order valence-electron chi connectivity index (χ1n) is 7.24. The smallest absolute Gasteiger partial charge is 0.122 e. The molecule has 1 aliphatic heterocycles. The van der Waals surface area contributed by atoms with Gasteiger partial charge in [0.15, 0.2) is 0 Å². The first-order valence-corrected chi connectivity index (χ1v) is 8.03. The lowest BCUT2D eigenvalue weighted by molar-refractivity contribution is 0.362. The standard InChI is InChI=1S/C17H20BrNO/c1-20-17-5-2-13-11-14(18)3-4-15(13)16(17)10-12-6-8-19-9-7-12/h2-5,11-12,19H,6-10H2,1H3. The highest BCUT2D eigenvalue weighted by Gasteiger charge is 2.17. The molecule has 0 aromatic heterocycles. The summed E-state index contributed by atoms with van der Waals surface area (Å²) in [5, 5.41) is 6.04. The van der Waals surface area contributed by atoms with Crippen molar-refractivity contribution in [1.82, 2.24) is 5.32 Å². The molecule has 1 saturated heterocycles. The van der Waals surface area contributed by atoms with E-state index in [2.05, 4.69) is 51.6 Å². The topological polar surface area (TPSA) is 21.3 Å². The molecule has 0 atom stereocenters. The van der Waals surface area contributed by atoms with Crippen molar-refractivity contribution >= 4 is 26.7 Å². The molecule has 2 aromatic rings. The van der Waals surface area contributed by atoms with Gasteiger partial charge in [-0.1, -0.05) is 28.1 Å². The van der Waals surface area contributed by atoms with Gasteiger partial charge in [0.2, 0.25) is 0 Å². The van der Waals surface area contributed by atoms with Gasteiger partial charge in [-0.2, -0.15) is 0 Å². The molecular weight excluding hydrogens is 314 g/mol. The summed E-state index contributed by atoms with van der Waals surface area (Å²) in [5.74, 6) is 1.79. The third-order valence-corrected chi connectivity index (χ3v) is 4.72. The molecule has 1 heterocycles. The zero-order valence-corrected chi connectivity index (χ0v) is 13.4. The molecule has 3 heteroatoms. The largest absolute Gasteiger partial charge is 0.496 e. The van der Waals surface area contributed by atoms with Crippen molar-refractivity contribution in [2.45, 2.75) is 19.3 Å². The van der Waals surface area contributed by atoms with E-state index in [9.17, 15) is 0 Å². The Morgan fingerprint density at radius 1 is 1.20 bits per heavy atom. The van der Waals surface area contributed by atoms with E-state index in [4.69, 9.17) is 4.74 Å². The lowest BCUT2D eigenvalue weighted by Crippen LogP contribution is -2.28. The van der Waals surface area contributed by atoms with Crippen LogP contribution in [0.5, 0.6) is 5.75 Å². The number of methoxy groups -OCH3 is 1. The molecule has 1 fully saturated rings. The third kappa shape index (κ3) is 2.84. The Morgan fingerprint density at radius 3 is 2.75 bits per heavy atom. The van der Waals surface area contributed by atoms with E-state index in [1.165, 1.54) is 29.2 Å². The van der Waals surface area contributed by atoms with Gasteiger partial charge in [-0.15, -0.1) is 0 Å². The molecule has 2 aromatic carbocycles. The highest BCUT2D eigenvalue weighted by atomic mass is 79.9. The molecule has 1 N–H and O–H groups in total. The van der Waals surface area contributed by atoms with Crippen LogP contribution in [0.25, 0.3) is 10.8 Å². The van der Waals surface area contributed by atoms with Crippen LogP contribution in [0, 0.1) is 5.92 Å². The van der Waals surface area contributed by atoms with Crippen molar-refractivity contribution in [2.24, 2.45) is 5.92 Å². The van der Waals surface area contributed by atoms with Gasteiger partial charge in [0.1, 0.15) is 5.75 Å². The van der Waals surface area contributed by atoms with E-state index in [1.54, 1.807) is 7.11 Å². The Morgan fingerprint density at radius 2 is 2.00 bits per heavy atom. The van der Waals surface area contributed by atoms with Gasteiger partial charge in [-0.3, -0.25) is 0 Å². The van der Waals surface area contributed by atoms with Crippen molar-refractivity contribution in [2.75, 3.05) is 20.2 Å². The van der Waals surface area contributed by atoms with E-state index in [0.29, 0.717) is 0 Å². The lowest BCUT2D eigenvalue weighted by atomic mass is 9.88. The number of nitrogens with one attached hydrogen (secondary N) is 1. The van der Waals surface area contributed by atoms with Crippen molar-refractivity contribution < 1.29 is 4.74 Å². The summed E-state index contributed by atoms with van der Waals surface area (Å²) < 4.78 is 6.73. The zero-order valence-electron chi connectivity index (χ0n) is 11.8. The van der Waals surface area contributed by atoms with Gasteiger partial charge in [0.05, 0.1) is 7.11 Å². The number of halogens is 1. The Balaban J connectivity index is 2.01. The molecule has 0 aliphatic carbocycles. The van der Waals surface area contributed by atoms with Crippen molar-refractivity contribution in [3.8, 4) is 5.75 Å². The highest BCUT2D eigenvalue weighted by Crippen LogP contribution is 2.33. The van der Waals surface area contributed by atoms with Gasteiger partial charge in [-0.25, -0.2) is 0 Å². The van der Waals surface area contributed by atoms with Crippen LogP contribution in [0.2, 0.25) is 0 Å². The highest BCUT2D eigenvalue weighted by molar-refractivity contribution is 9.10. The minimum Gasteiger partial charge on any atom is -0.496 e. The molecule has 3 rings (SSSR count). The quantitative estimate of drug-likeness (QED) is 0.910. The van der Waals surface area contributed by atoms with Crippen LogP contribution in [0.3, 0.4) is 0 Å².